The summed E-state index contributed by atoms with van der Waals surface area (Å²) in [6.45, 7) is 14.2. The fourth-order valence-electron chi connectivity index (χ4n) is 3.03. The van der Waals surface area contributed by atoms with Gasteiger partial charge in [0.05, 0.1) is 6.61 Å². The Morgan fingerprint density at radius 2 is 1.69 bits per heavy atom. The van der Waals surface area contributed by atoms with E-state index in [-0.39, 0.29) is 37.2 Å². The van der Waals surface area contributed by atoms with Gasteiger partial charge >= 0.3 is 0 Å². The Morgan fingerprint density at radius 3 is 2.35 bits per heavy atom. The van der Waals surface area contributed by atoms with Gasteiger partial charge in [-0.15, -0.1) is 37.2 Å². The Balaban J connectivity index is 0. The molecule has 1 fully saturated rings. The number of benzene rings is 1. The van der Waals surface area contributed by atoms with Crippen LogP contribution in [0.2, 0.25) is 0 Å². The minimum Gasteiger partial charge on any atom is -0.494 e. The van der Waals surface area contributed by atoms with E-state index in [0.29, 0.717) is 0 Å². The summed E-state index contributed by atoms with van der Waals surface area (Å²) < 4.78 is 5.86. The van der Waals surface area contributed by atoms with E-state index in [1.54, 1.807) is 0 Å². The second-order valence-corrected chi connectivity index (χ2v) is 6.25. The standard InChI is InChI=1S/C19H33N3O.3ClH/c1-3-21(4-2)14-6-16-23-19-9-7-18(8-10-19)17-22-13-5-11-20-12-15-22;;;/h7-10,20H,3-6,11-17H2,1-2H3;3*1H. The first-order chi connectivity index (χ1) is 11.3. The number of rotatable bonds is 9. The predicted octanol–water partition coefficient (Wildman–Crippen LogP) is 3.86. The van der Waals surface area contributed by atoms with Gasteiger partial charge in [0.25, 0.3) is 0 Å². The van der Waals surface area contributed by atoms with Crippen LogP contribution < -0.4 is 10.1 Å². The van der Waals surface area contributed by atoms with E-state index in [4.69, 9.17) is 4.74 Å². The lowest BCUT2D eigenvalue weighted by Gasteiger charge is -2.19. The van der Waals surface area contributed by atoms with Gasteiger partial charge in [-0.2, -0.15) is 0 Å². The SMILES string of the molecule is CCN(CC)CCCOc1ccc(CN2CCCNCC2)cc1.Cl.Cl.Cl. The van der Waals surface area contributed by atoms with Crippen molar-refractivity contribution < 1.29 is 4.74 Å². The minimum atomic E-state index is 0. The van der Waals surface area contributed by atoms with Crippen molar-refractivity contribution in [3.63, 3.8) is 0 Å². The van der Waals surface area contributed by atoms with Crippen molar-refractivity contribution in [3.05, 3.63) is 29.8 Å². The second-order valence-electron chi connectivity index (χ2n) is 6.25. The molecule has 154 valence electrons. The van der Waals surface area contributed by atoms with E-state index in [1.807, 2.05) is 0 Å². The van der Waals surface area contributed by atoms with Gasteiger partial charge in [-0.1, -0.05) is 26.0 Å². The molecule has 0 aliphatic carbocycles. The maximum Gasteiger partial charge on any atom is 0.119 e. The summed E-state index contributed by atoms with van der Waals surface area (Å²) in [6.07, 6.45) is 2.33. The molecule has 0 unspecified atom stereocenters. The van der Waals surface area contributed by atoms with Crippen LogP contribution in [0, 0.1) is 0 Å². The molecule has 0 aromatic heterocycles. The number of halogens is 3. The van der Waals surface area contributed by atoms with Crippen molar-refractivity contribution in [2.45, 2.75) is 33.2 Å². The first-order valence-electron chi connectivity index (χ1n) is 9.19. The molecular weight excluding hydrogens is 393 g/mol. The summed E-state index contributed by atoms with van der Waals surface area (Å²) in [5.41, 5.74) is 1.38. The Hall–Kier alpha value is -0.230. The van der Waals surface area contributed by atoms with Crippen LogP contribution in [0.15, 0.2) is 24.3 Å². The van der Waals surface area contributed by atoms with Crippen molar-refractivity contribution in [2.75, 3.05) is 52.4 Å². The molecule has 1 aliphatic heterocycles. The van der Waals surface area contributed by atoms with Gasteiger partial charge in [-0.05, 0) is 56.7 Å². The third-order valence-electron chi connectivity index (χ3n) is 4.54. The molecule has 2 rings (SSSR count). The maximum atomic E-state index is 5.86. The monoisotopic (exact) mass is 427 g/mol. The van der Waals surface area contributed by atoms with Crippen molar-refractivity contribution in [1.82, 2.24) is 15.1 Å². The lowest BCUT2D eigenvalue weighted by atomic mass is 10.2. The molecule has 0 bridgehead atoms. The van der Waals surface area contributed by atoms with E-state index in [0.717, 1.165) is 64.6 Å². The smallest absolute Gasteiger partial charge is 0.119 e. The molecule has 4 nitrogen and oxygen atoms in total. The van der Waals surface area contributed by atoms with Crippen LogP contribution in [-0.2, 0) is 6.54 Å². The van der Waals surface area contributed by atoms with E-state index >= 15 is 0 Å². The van der Waals surface area contributed by atoms with Gasteiger partial charge in [-0.25, -0.2) is 0 Å². The lowest BCUT2D eigenvalue weighted by Crippen LogP contribution is -2.27. The van der Waals surface area contributed by atoms with Crippen LogP contribution in [-0.4, -0.2) is 62.2 Å². The average Bonchev–Trinajstić information content (AvgIpc) is 2.85. The van der Waals surface area contributed by atoms with Gasteiger partial charge in [0.1, 0.15) is 5.75 Å². The van der Waals surface area contributed by atoms with Crippen LogP contribution in [0.25, 0.3) is 0 Å². The van der Waals surface area contributed by atoms with Crippen LogP contribution in [0.3, 0.4) is 0 Å². The second kappa shape index (κ2) is 16.9. The van der Waals surface area contributed by atoms with Gasteiger partial charge in [0.15, 0.2) is 0 Å². The Bertz CT molecular complexity index is 423. The number of nitrogens with zero attached hydrogens (tertiary/aromatic N) is 2. The number of ether oxygens (including phenoxy) is 1. The molecule has 1 heterocycles. The molecule has 0 spiro atoms. The van der Waals surface area contributed by atoms with Gasteiger partial charge in [-0.3, -0.25) is 4.90 Å². The maximum absolute atomic E-state index is 5.86. The molecule has 1 aromatic carbocycles. The zero-order chi connectivity index (χ0) is 16.3. The molecule has 0 amide bonds. The largest absolute Gasteiger partial charge is 0.494 e. The van der Waals surface area contributed by atoms with Crippen molar-refractivity contribution >= 4 is 37.2 Å². The molecule has 1 aromatic rings. The number of hydrogen-bond acceptors (Lipinski definition) is 4. The predicted molar refractivity (Wildman–Crippen MR) is 119 cm³/mol. The number of hydrogen-bond donors (Lipinski definition) is 1. The van der Waals surface area contributed by atoms with E-state index < -0.39 is 0 Å². The van der Waals surface area contributed by atoms with Crippen molar-refractivity contribution in [1.29, 1.82) is 0 Å². The normalized spacial score (nSPS) is 14.6. The highest BCUT2D eigenvalue weighted by molar-refractivity contribution is 5.86. The Morgan fingerprint density at radius 1 is 1.00 bits per heavy atom. The van der Waals surface area contributed by atoms with Crippen LogP contribution in [0.1, 0.15) is 32.3 Å². The molecule has 1 aliphatic rings. The summed E-state index contributed by atoms with van der Waals surface area (Å²) >= 11 is 0. The Labute approximate surface area is 178 Å². The van der Waals surface area contributed by atoms with Crippen molar-refractivity contribution in [2.24, 2.45) is 0 Å². The molecule has 26 heavy (non-hydrogen) atoms. The highest BCUT2D eigenvalue weighted by atomic mass is 35.5. The van der Waals surface area contributed by atoms with Gasteiger partial charge in [0, 0.05) is 26.2 Å². The summed E-state index contributed by atoms with van der Waals surface area (Å²) in [5.74, 6) is 0.992. The first kappa shape index (κ1) is 28.0. The van der Waals surface area contributed by atoms with Gasteiger partial charge < -0.3 is 15.0 Å². The zero-order valence-electron chi connectivity index (χ0n) is 16.1. The fourth-order valence-corrected chi connectivity index (χ4v) is 3.03. The zero-order valence-corrected chi connectivity index (χ0v) is 18.6. The van der Waals surface area contributed by atoms with Crippen LogP contribution >= 0.6 is 37.2 Å². The minimum absolute atomic E-state index is 0. The first-order valence-corrected chi connectivity index (χ1v) is 9.19. The van der Waals surface area contributed by atoms with Crippen LogP contribution in [0.4, 0.5) is 0 Å². The third-order valence-corrected chi connectivity index (χ3v) is 4.54. The van der Waals surface area contributed by atoms with Crippen molar-refractivity contribution in [3.8, 4) is 5.75 Å². The third kappa shape index (κ3) is 10.8. The molecule has 1 N–H and O–H groups in total. The highest BCUT2D eigenvalue weighted by Crippen LogP contribution is 2.14. The Kier molecular flexibility index (Phi) is 18.2. The molecular formula is C19H36Cl3N3O. The van der Waals surface area contributed by atoms with Crippen LogP contribution in [0.5, 0.6) is 5.75 Å². The van der Waals surface area contributed by atoms with E-state index in [9.17, 15) is 0 Å². The van der Waals surface area contributed by atoms with Gasteiger partial charge in [0.2, 0.25) is 0 Å². The van der Waals surface area contributed by atoms with E-state index in [1.165, 1.54) is 18.5 Å². The molecule has 7 heteroatoms. The molecule has 1 saturated heterocycles. The fraction of sp³-hybridized carbons (Fsp3) is 0.684. The summed E-state index contributed by atoms with van der Waals surface area (Å²) in [5, 5.41) is 3.45. The molecule has 0 radical (unpaired) electrons. The van der Waals surface area contributed by atoms with E-state index in [2.05, 4.69) is 53.2 Å². The number of nitrogens with one attached hydrogen (secondary N) is 1. The summed E-state index contributed by atoms with van der Waals surface area (Å²) in [6, 6.07) is 8.64. The quantitative estimate of drug-likeness (QED) is 0.604. The average molecular weight is 429 g/mol. The molecule has 0 atom stereocenters. The highest BCUT2D eigenvalue weighted by Gasteiger charge is 2.09. The lowest BCUT2D eigenvalue weighted by molar-refractivity contribution is 0.249. The topological polar surface area (TPSA) is 27.7 Å². The summed E-state index contributed by atoms with van der Waals surface area (Å²) in [7, 11) is 0. The summed E-state index contributed by atoms with van der Waals surface area (Å²) in [4.78, 5) is 4.96. The molecule has 0 saturated carbocycles.